The topological polar surface area (TPSA) is 71.1 Å². The van der Waals surface area contributed by atoms with Gasteiger partial charge < -0.3 is 19.7 Å². The van der Waals surface area contributed by atoms with E-state index >= 15 is 0 Å². The van der Waals surface area contributed by atoms with Crippen LogP contribution in [0.15, 0.2) is 42.5 Å². The highest BCUT2D eigenvalue weighted by Crippen LogP contribution is 2.31. The highest BCUT2D eigenvalue weighted by Gasteiger charge is 2.24. The van der Waals surface area contributed by atoms with Gasteiger partial charge in [-0.05, 0) is 36.4 Å². The van der Waals surface area contributed by atoms with Gasteiger partial charge in [-0.2, -0.15) is 0 Å². The number of benzene rings is 2. The first-order chi connectivity index (χ1) is 14.1. The average molecular weight is 399 g/mol. The Morgan fingerprint density at radius 1 is 0.966 bits per heavy atom. The highest BCUT2D eigenvalue weighted by atomic mass is 19.1. The fourth-order valence-corrected chi connectivity index (χ4v) is 3.44. The van der Waals surface area contributed by atoms with Gasteiger partial charge in [-0.1, -0.05) is 6.07 Å². The Balaban J connectivity index is 1.29. The van der Waals surface area contributed by atoms with Crippen LogP contribution < -0.4 is 14.8 Å². The largest absolute Gasteiger partial charge is 0.486 e. The number of amides is 2. The van der Waals surface area contributed by atoms with Crippen LogP contribution in [0.3, 0.4) is 0 Å². The maximum atomic E-state index is 13.2. The number of hydrogen-bond acceptors (Lipinski definition) is 5. The molecule has 0 atom stereocenters. The molecule has 2 aromatic rings. The molecule has 4 rings (SSSR count). The van der Waals surface area contributed by atoms with E-state index in [1.54, 1.807) is 35.2 Å². The number of rotatable bonds is 4. The molecule has 152 valence electrons. The van der Waals surface area contributed by atoms with Crippen LogP contribution in [0.5, 0.6) is 11.5 Å². The van der Waals surface area contributed by atoms with Gasteiger partial charge in [0.25, 0.3) is 5.91 Å². The summed E-state index contributed by atoms with van der Waals surface area (Å²) in [6, 6.07) is 11.0. The molecule has 0 aliphatic carbocycles. The molecule has 0 spiro atoms. The summed E-state index contributed by atoms with van der Waals surface area (Å²) < 4.78 is 24.2. The lowest BCUT2D eigenvalue weighted by molar-refractivity contribution is -0.117. The van der Waals surface area contributed by atoms with E-state index in [-0.39, 0.29) is 18.4 Å². The van der Waals surface area contributed by atoms with Gasteiger partial charge in [0.1, 0.15) is 19.0 Å². The van der Waals surface area contributed by atoms with Crippen molar-refractivity contribution < 1.29 is 23.5 Å². The van der Waals surface area contributed by atoms with Crippen molar-refractivity contribution in [1.82, 2.24) is 9.80 Å². The average Bonchev–Trinajstić information content (AvgIpc) is 2.73. The van der Waals surface area contributed by atoms with Gasteiger partial charge in [-0.15, -0.1) is 0 Å². The van der Waals surface area contributed by atoms with Crippen LogP contribution in [0.25, 0.3) is 0 Å². The Kier molecular flexibility index (Phi) is 5.62. The fraction of sp³-hybridized carbons (Fsp3) is 0.333. The minimum atomic E-state index is -0.394. The molecule has 7 nitrogen and oxygen atoms in total. The van der Waals surface area contributed by atoms with Gasteiger partial charge in [0, 0.05) is 37.4 Å². The Morgan fingerprint density at radius 2 is 1.72 bits per heavy atom. The van der Waals surface area contributed by atoms with Crippen molar-refractivity contribution in [3.63, 3.8) is 0 Å². The van der Waals surface area contributed by atoms with E-state index < -0.39 is 5.82 Å². The molecule has 29 heavy (non-hydrogen) atoms. The second-order valence-electron chi connectivity index (χ2n) is 6.99. The molecule has 2 aromatic carbocycles. The van der Waals surface area contributed by atoms with Gasteiger partial charge in [0.2, 0.25) is 5.91 Å². The van der Waals surface area contributed by atoms with E-state index in [0.29, 0.717) is 62.1 Å². The van der Waals surface area contributed by atoms with Gasteiger partial charge in [-0.25, -0.2) is 4.39 Å². The van der Waals surface area contributed by atoms with Gasteiger partial charge in [0.15, 0.2) is 11.5 Å². The second-order valence-corrected chi connectivity index (χ2v) is 6.99. The molecule has 2 heterocycles. The molecule has 2 aliphatic rings. The van der Waals surface area contributed by atoms with Crippen LogP contribution in [-0.2, 0) is 4.79 Å². The van der Waals surface area contributed by atoms with Crippen molar-refractivity contribution in [2.75, 3.05) is 51.3 Å². The minimum Gasteiger partial charge on any atom is -0.486 e. The summed E-state index contributed by atoms with van der Waals surface area (Å²) in [6.07, 6.45) is 0. The third-order valence-electron chi connectivity index (χ3n) is 4.92. The number of hydrogen-bond donors (Lipinski definition) is 1. The number of ether oxygens (including phenoxy) is 2. The third-order valence-corrected chi connectivity index (χ3v) is 4.92. The summed E-state index contributed by atoms with van der Waals surface area (Å²) in [6.45, 7) is 3.42. The van der Waals surface area contributed by atoms with Crippen molar-refractivity contribution in [1.29, 1.82) is 0 Å². The van der Waals surface area contributed by atoms with Gasteiger partial charge in [0.05, 0.1) is 6.54 Å². The van der Waals surface area contributed by atoms with Crippen molar-refractivity contribution in [2.45, 2.75) is 0 Å². The summed E-state index contributed by atoms with van der Waals surface area (Å²) in [5.41, 5.74) is 0.994. The summed E-state index contributed by atoms with van der Waals surface area (Å²) >= 11 is 0. The Hall–Kier alpha value is -3.13. The van der Waals surface area contributed by atoms with Crippen molar-refractivity contribution in [2.24, 2.45) is 0 Å². The second kappa shape index (κ2) is 8.48. The number of carbonyl (C=O) groups is 2. The van der Waals surface area contributed by atoms with Crippen LogP contribution in [-0.4, -0.2) is 67.6 Å². The number of carbonyl (C=O) groups excluding carboxylic acids is 2. The van der Waals surface area contributed by atoms with E-state index in [2.05, 4.69) is 5.32 Å². The summed E-state index contributed by atoms with van der Waals surface area (Å²) in [4.78, 5) is 28.7. The van der Waals surface area contributed by atoms with Crippen LogP contribution in [0.2, 0.25) is 0 Å². The first kappa shape index (κ1) is 19.2. The minimum absolute atomic E-state index is 0.0640. The molecule has 0 bridgehead atoms. The van der Waals surface area contributed by atoms with E-state index in [0.717, 1.165) is 0 Å². The van der Waals surface area contributed by atoms with Crippen LogP contribution >= 0.6 is 0 Å². The number of piperazine rings is 1. The lowest BCUT2D eigenvalue weighted by Gasteiger charge is -2.34. The molecule has 0 saturated carbocycles. The highest BCUT2D eigenvalue weighted by molar-refractivity contribution is 5.95. The van der Waals surface area contributed by atoms with Crippen LogP contribution in [0, 0.1) is 5.82 Å². The lowest BCUT2D eigenvalue weighted by atomic mass is 10.1. The van der Waals surface area contributed by atoms with Crippen LogP contribution in [0.4, 0.5) is 10.1 Å². The number of fused-ring (bicyclic) bond motifs is 1. The van der Waals surface area contributed by atoms with E-state index in [1.807, 2.05) is 4.90 Å². The maximum Gasteiger partial charge on any atom is 0.254 e. The van der Waals surface area contributed by atoms with Crippen molar-refractivity contribution in [3.8, 4) is 11.5 Å². The molecule has 0 aromatic heterocycles. The summed E-state index contributed by atoms with van der Waals surface area (Å²) in [5.74, 6) is 0.582. The smallest absolute Gasteiger partial charge is 0.254 e. The molecule has 1 saturated heterocycles. The number of halogens is 1. The molecule has 2 aliphatic heterocycles. The molecule has 1 fully saturated rings. The number of nitrogens with one attached hydrogen (secondary N) is 1. The fourth-order valence-electron chi connectivity index (χ4n) is 3.44. The number of anilines is 1. The predicted octanol–water partition coefficient (Wildman–Crippen LogP) is 1.99. The number of nitrogens with zero attached hydrogens (tertiary/aromatic N) is 2. The monoisotopic (exact) mass is 399 g/mol. The molecular formula is C21H22FN3O4. The first-order valence-electron chi connectivity index (χ1n) is 9.55. The summed E-state index contributed by atoms with van der Waals surface area (Å²) in [7, 11) is 0. The first-order valence-corrected chi connectivity index (χ1v) is 9.55. The Labute approximate surface area is 168 Å². The molecule has 0 unspecified atom stereocenters. The molecule has 0 radical (unpaired) electrons. The van der Waals surface area contributed by atoms with Crippen LogP contribution in [0.1, 0.15) is 10.4 Å². The van der Waals surface area contributed by atoms with Gasteiger partial charge >= 0.3 is 0 Å². The Morgan fingerprint density at radius 3 is 2.48 bits per heavy atom. The zero-order valence-electron chi connectivity index (χ0n) is 15.9. The predicted molar refractivity (Wildman–Crippen MR) is 105 cm³/mol. The zero-order valence-corrected chi connectivity index (χ0v) is 15.9. The third kappa shape index (κ3) is 4.65. The Bertz CT molecular complexity index is 913. The normalized spacial score (nSPS) is 16.4. The zero-order chi connectivity index (χ0) is 20.2. The quantitative estimate of drug-likeness (QED) is 0.852. The van der Waals surface area contributed by atoms with Crippen molar-refractivity contribution in [3.05, 3.63) is 53.8 Å². The summed E-state index contributed by atoms with van der Waals surface area (Å²) in [5, 5.41) is 2.69. The molecular weight excluding hydrogens is 377 g/mol. The van der Waals surface area contributed by atoms with E-state index in [4.69, 9.17) is 9.47 Å². The standard InChI is InChI=1S/C21H22FN3O4/c22-16-2-1-3-17(13-16)23-20(26)14-24-6-8-25(9-7-24)21(27)15-4-5-18-19(12-15)29-11-10-28-18/h1-5,12-13H,6-11,14H2,(H,23,26). The van der Waals surface area contributed by atoms with Gasteiger partial charge in [-0.3, -0.25) is 14.5 Å². The molecule has 2 amide bonds. The SMILES string of the molecule is O=C(CN1CCN(C(=O)c2ccc3c(c2)OCCO3)CC1)Nc1cccc(F)c1. The van der Waals surface area contributed by atoms with E-state index in [1.165, 1.54) is 12.1 Å². The maximum absolute atomic E-state index is 13.2. The molecule has 1 N–H and O–H groups in total. The van der Waals surface area contributed by atoms with Crippen molar-refractivity contribution >= 4 is 17.5 Å². The van der Waals surface area contributed by atoms with E-state index in [9.17, 15) is 14.0 Å². The molecule has 8 heteroatoms. The lowest BCUT2D eigenvalue weighted by Crippen LogP contribution is -2.50.